The fraction of sp³-hybridized carbons (Fsp3) is 0.280. The predicted octanol–water partition coefficient (Wildman–Crippen LogP) is 4.58. The van der Waals surface area contributed by atoms with Gasteiger partial charge in [-0.1, -0.05) is 48.5 Å². The minimum atomic E-state index is -0.950. The summed E-state index contributed by atoms with van der Waals surface area (Å²) in [6.07, 6.45) is 0.970. The molecule has 174 valence electrons. The Hall–Kier alpha value is -3.72. The Morgan fingerprint density at radius 3 is 2.32 bits per heavy atom. The molecule has 5 rings (SSSR count). The Morgan fingerprint density at radius 2 is 1.71 bits per heavy atom. The smallest absolute Gasteiger partial charge is 0.413 e. The first kappa shape index (κ1) is 22.1. The Balaban J connectivity index is 1.21. The molecular formula is C25H23N3O5S. The van der Waals surface area contributed by atoms with Crippen LogP contribution in [0.15, 0.2) is 53.9 Å². The molecule has 2 N–H and O–H groups in total. The van der Waals surface area contributed by atoms with Crippen LogP contribution in [0.4, 0.5) is 9.93 Å². The number of carboxylic acid groups (broad SMARTS) is 1. The summed E-state index contributed by atoms with van der Waals surface area (Å²) < 4.78 is 5.53. The molecule has 0 bridgehead atoms. The number of carbonyl (C=O) groups excluding carboxylic acids is 2. The third-order valence-corrected chi connectivity index (χ3v) is 6.85. The molecule has 1 heterocycles. The van der Waals surface area contributed by atoms with Crippen molar-refractivity contribution in [1.29, 1.82) is 0 Å². The molecule has 0 unspecified atom stereocenters. The van der Waals surface area contributed by atoms with Gasteiger partial charge in [0.2, 0.25) is 0 Å². The number of hydrogen-bond acceptors (Lipinski definition) is 6. The van der Waals surface area contributed by atoms with Crippen LogP contribution in [-0.4, -0.2) is 52.2 Å². The van der Waals surface area contributed by atoms with Gasteiger partial charge >= 0.3 is 12.1 Å². The second-order valence-corrected chi connectivity index (χ2v) is 9.22. The molecule has 3 aromatic rings. The summed E-state index contributed by atoms with van der Waals surface area (Å²) in [5, 5.41) is 13.4. The number of rotatable bonds is 8. The number of thiazole rings is 1. The fourth-order valence-electron chi connectivity index (χ4n) is 4.35. The molecule has 2 aliphatic carbocycles. The van der Waals surface area contributed by atoms with Gasteiger partial charge in [0.1, 0.15) is 12.3 Å². The van der Waals surface area contributed by atoms with Crippen molar-refractivity contribution in [2.24, 2.45) is 0 Å². The van der Waals surface area contributed by atoms with Gasteiger partial charge < -0.3 is 14.7 Å². The number of hydrogen-bond donors (Lipinski definition) is 2. The zero-order valence-electron chi connectivity index (χ0n) is 18.3. The van der Waals surface area contributed by atoms with E-state index < -0.39 is 12.1 Å². The number of nitrogens with one attached hydrogen (secondary N) is 1. The van der Waals surface area contributed by atoms with Crippen molar-refractivity contribution in [3.63, 3.8) is 0 Å². The van der Waals surface area contributed by atoms with Crippen LogP contribution in [-0.2, 0) is 9.53 Å². The van der Waals surface area contributed by atoms with E-state index in [1.807, 2.05) is 24.3 Å². The maximum absolute atomic E-state index is 12.8. The number of nitrogens with zero attached hydrogens (tertiary/aromatic N) is 2. The van der Waals surface area contributed by atoms with Crippen LogP contribution in [0.3, 0.4) is 0 Å². The standard InChI is InChI=1S/C25H23N3O5S/c29-22(30)11-12-28(15-9-10-15)23(31)21-14-34-24(26-21)27-25(32)33-13-20-18-7-3-1-5-16(18)17-6-2-4-8-19(17)20/h1-8,14-15,20H,9-13H2,(H,29,30)(H,26,27,32). The van der Waals surface area contributed by atoms with E-state index in [9.17, 15) is 14.4 Å². The molecule has 0 atom stereocenters. The SMILES string of the molecule is O=C(O)CCN(C(=O)c1csc(NC(=O)OCC2c3ccccc3-c3ccccc32)n1)C1CC1. The highest BCUT2D eigenvalue weighted by Gasteiger charge is 2.34. The number of amides is 2. The average Bonchev–Trinajstić information content (AvgIpc) is 3.47. The first-order chi connectivity index (χ1) is 16.5. The van der Waals surface area contributed by atoms with Gasteiger partial charge in [0, 0.05) is 23.9 Å². The molecule has 0 aliphatic heterocycles. The van der Waals surface area contributed by atoms with Gasteiger partial charge in [0.25, 0.3) is 5.91 Å². The number of benzene rings is 2. The average molecular weight is 478 g/mol. The molecule has 34 heavy (non-hydrogen) atoms. The second-order valence-electron chi connectivity index (χ2n) is 8.36. The highest BCUT2D eigenvalue weighted by atomic mass is 32.1. The molecule has 0 spiro atoms. The monoisotopic (exact) mass is 477 g/mol. The Morgan fingerprint density at radius 1 is 1.06 bits per heavy atom. The van der Waals surface area contributed by atoms with Crippen molar-refractivity contribution in [1.82, 2.24) is 9.88 Å². The van der Waals surface area contributed by atoms with Crippen LogP contribution in [0.1, 0.15) is 46.8 Å². The van der Waals surface area contributed by atoms with Gasteiger partial charge in [-0.2, -0.15) is 0 Å². The molecule has 1 aromatic heterocycles. The summed E-state index contributed by atoms with van der Waals surface area (Å²) in [6, 6.07) is 16.3. The topological polar surface area (TPSA) is 109 Å². The largest absolute Gasteiger partial charge is 0.481 e. The molecule has 0 saturated heterocycles. The van der Waals surface area contributed by atoms with E-state index in [4.69, 9.17) is 9.84 Å². The van der Waals surface area contributed by atoms with Crippen LogP contribution in [0.25, 0.3) is 11.1 Å². The number of fused-ring (bicyclic) bond motifs is 3. The van der Waals surface area contributed by atoms with E-state index in [0.717, 1.165) is 46.4 Å². The van der Waals surface area contributed by atoms with Crippen molar-refractivity contribution in [3.8, 4) is 11.1 Å². The van der Waals surface area contributed by atoms with E-state index >= 15 is 0 Å². The Kier molecular flexibility index (Phi) is 6.02. The summed E-state index contributed by atoms with van der Waals surface area (Å²) in [4.78, 5) is 42.0. The molecular weight excluding hydrogens is 454 g/mol. The summed E-state index contributed by atoms with van der Waals surface area (Å²) in [5.41, 5.74) is 4.74. The highest BCUT2D eigenvalue weighted by Crippen LogP contribution is 2.44. The zero-order chi connectivity index (χ0) is 23.7. The molecule has 0 radical (unpaired) electrons. The van der Waals surface area contributed by atoms with Crippen LogP contribution in [0, 0.1) is 0 Å². The molecule has 1 saturated carbocycles. The minimum Gasteiger partial charge on any atom is -0.481 e. The first-order valence-electron chi connectivity index (χ1n) is 11.1. The van der Waals surface area contributed by atoms with E-state index in [-0.39, 0.29) is 48.3 Å². The van der Waals surface area contributed by atoms with E-state index in [1.165, 1.54) is 0 Å². The summed E-state index contributed by atoms with van der Waals surface area (Å²) >= 11 is 1.13. The van der Waals surface area contributed by atoms with Crippen molar-refractivity contribution in [3.05, 3.63) is 70.7 Å². The quantitative estimate of drug-likeness (QED) is 0.491. The molecule has 9 heteroatoms. The van der Waals surface area contributed by atoms with Gasteiger partial charge in [0.05, 0.1) is 6.42 Å². The van der Waals surface area contributed by atoms with Gasteiger partial charge in [-0.15, -0.1) is 11.3 Å². The summed E-state index contributed by atoms with van der Waals surface area (Å²) in [6.45, 7) is 0.327. The van der Waals surface area contributed by atoms with Gasteiger partial charge in [0.15, 0.2) is 5.13 Å². The lowest BCUT2D eigenvalue weighted by Crippen LogP contribution is -2.35. The van der Waals surface area contributed by atoms with Gasteiger partial charge in [-0.25, -0.2) is 9.78 Å². The molecule has 2 amide bonds. The van der Waals surface area contributed by atoms with Crippen LogP contribution >= 0.6 is 11.3 Å². The fourth-order valence-corrected chi connectivity index (χ4v) is 5.02. The van der Waals surface area contributed by atoms with Crippen molar-refractivity contribution in [2.45, 2.75) is 31.2 Å². The van der Waals surface area contributed by atoms with Crippen LogP contribution < -0.4 is 5.32 Å². The van der Waals surface area contributed by atoms with Crippen LogP contribution in [0.2, 0.25) is 0 Å². The lowest BCUT2D eigenvalue weighted by Gasteiger charge is -2.20. The second kappa shape index (κ2) is 9.26. The lowest BCUT2D eigenvalue weighted by atomic mass is 9.98. The third kappa shape index (κ3) is 4.51. The zero-order valence-corrected chi connectivity index (χ0v) is 19.1. The Bertz CT molecular complexity index is 1210. The van der Waals surface area contributed by atoms with E-state index in [2.05, 4.69) is 34.6 Å². The van der Waals surface area contributed by atoms with Crippen molar-refractivity contribution < 1.29 is 24.2 Å². The number of carbonyl (C=O) groups is 3. The number of aromatic nitrogens is 1. The number of carboxylic acids is 1. The van der Waals surface area contributed by atoms with Crippen molar-refractivity contribution >= 4 is 34.4 Å². The molecule has 2 aliphatic rings. The first-order valence-corrected chi connectivity index (χ1v) is 12.0. The maximum Gasteiger partial charge on any atom is 0.413 e. The van der Waals surface area contributed by atoms with Gasteiger partial charge in [-0.3, -0.25) is 14.9 Å². The Labute approximate surface area is 200 Å². The van der Waals surface area contributed by atoms with Crippen LogP contribution in [0.5, 0.6) is 0 Å². The number of ether oxygens (including phenoxy) is 1. The molecule has 2 aromatic carbocycles. The maximum atomic E-state index is 12.8. The summed E-state index contributed by atoms with van der Waals surface area (Å²) in [7, 11) is 0. The number of aliphatic carboxylic acids is 1. The third-order valence-electron chi connectivity index (χ3n) is 6.09. The number of anilines is 1. The molecule has 1 fully saturated rings. The summed E-state index contributed by atoms with van der Waals surface area (Å²) in [5.74, 6) is -1.32. The van der Waals surface area contributed by atoms with E-state index in [0.29, 0.717) is 0 Å². The lowest BCUT2D eigenvalue weighted by molar-refractivity contribution is -0.137. The van der Waals surface area contributed by atoms with Crippen molar-refractivity contribution in [2.75, 3.05) is 18.5 Å². The molecule has 8 nitrogen and oxygen atoms in total. The highest BCUT2D eigenvalue weighted by molar-refractivity contribution is 7.14. The predicted molar refractivity (Wildman–Crippen MR) is 127 cm³/mol. The normalized spacial score (nSPS) is 14.2. The van der Waals surface area contributed by atoms with E-state index in [1.54, 1.807) is 10.3 Å². The van der Waals surface area contributed by atoms with Gasteiger partial charge in [-0.05, 0) is 35.1 Å². The minimum absolute atomic E-state index is 0.0482.